The highest BCUT2D eigenvalue weighted by Crippen LogP contribution is 2.17. The van der Waals surface area contributed by atoms with E-state index < -0.39 is 11.8 Å². The predicted octanol–water partition coefficient (Wildman–Crippen LogP) is 2.48. The lowest BCUT2D eigenvalue weighted by molar-refractivity contribution is -0.147. The molecule has 114 valence electrons. The molecule has 1 aromatic carbocycles. The van der Waals surface area contributed by atoms with Crippen LogP contribution in [-0.2, 0) is 16.1 Å². The molecule has 1 saturated carbocycles. The van der Waals surface area contributed by atoms with Crippen LogP contribution in [0.25, 0.3) is 0 Å². The summed E-state index contributed by atoms with van der Waals surface area (Å²) in [7, 11) is 0. The average molecular weight is 288 g/mol. The summed E-state index contributed by atoms with van der Waals surface area (Å²) in [6.45, 7) is 4.34. The Bertz CT molecular complexity index is 479. The third kappa shape index (κ3) is 4.31. The molecule has 0 heterocycles. The number of amides is 2. The summed E-state index contributed by atoms with van der Waals surface area (Å²) in [5.41, 5.74) is 1.04. The lowest BCUT2D eigenvalue weighted by atomic mass is 10.2. The largest absolute Gasteiger partial charge is 0.345 e. The van der Waals surface area contributed by atoms with Crippen molar-refractivity contribution in [2.75, 3.05) is 0 Å². The highest BCUT2D eigenvalue weighted by Gasteiger charge is 2.27. The Hall–Kier alpha value is -1.84. The number of benzene rings is 1. The van der Waals surface area contributed by atoms with Crippen LogP contribution in [-0.4, -0.2) is 28.8 Å². The van der Waals surface area contributed by atoms with Crippen molar-refractivity contribution in [3.8, 4) is 0 Å². The molecule has 0 atom stereocenters. The number of carbonyl (C=O) groups excluding carboxylic acids is 2. The van der Waals surface area contributed by atoms with Gasteiger partial charge in [0, 0.05) is 18.6 Å². The van der Waals surface area contributed by atoms with Gasteiger partial charge in [-0.25, -0.2) is 0 Å². The van der Waals surface area contributed by atoms with Gasteiger partial charge >= 0.3 is 11.8 Å². The van der Waals surface area contributed by atoms with Gasteiger partial charge in [-0.1, -0.05) is 43.2 Å². The van der Waals surface area contributed by atoms with Gasteiger partial charge in [0.2, 0.25) is 0 Å². The molecule has 4 nitrogen and oxygen atoms in total. The number of carbonyl (C=O) groups is 2. The first-order chi connectivity index (χ1) is 10.1. The van der Waals surface area contributed by atoms with Crippen LogP contribution < -0.4 is 5.32 Å². The van der Waals surface area contributed by atoms with Crippen molar-refractivity contribution in [2.45, 2.75) is 58.2 Å². The molecule has 1 N–H and O–H groups in total. The first kappa shape index (κ1) is 15.5. The van der Waals surface area contributed by atoms with E-state index in [-0.39, 0.29) is 12.1 Å². The zero-order valence-corrected chi connectivity index (χ0v) is 12.8. The fourth-order valence-corrected chi connectivity index (χ4v) is 2.72. The third-order valence-corrected chi connectivity index (χ3v) is 3.96. The summed E-state index contributed by atoms with van der Waals surface area (Å²) in [6, 6.07) is 9.93. The smallest absolute Gasteiger partial charge is 0.312 e. The molecule has 1 aromatic rings. The van der Waals surface area contributed by atoms with Crippen LogP contribution in [0, 0.1) is 0 Å². The number of hydrogen-bond donors (Lipinski definition) is 1. The molecule has 21 heavy (non-hydrogen) atoms. The van der Waals surface area contributed by atoms with Crippen LogP contribution >= 0.6 is 0 Å². The van der Waals surface area contributed by atoms with E-state index in [0.717, 1.165) is 31.2 Å². The minimum atomic E-state index is -0.466. The summed E-state index contributed by atoms with van der Waals surface area (Å²) >= 11 is 0. The van der Waals surface area contributed by atoms with Crippen molar-refractivity contribution in [3.63, 3.8) is 0 Å². The fraction of sp³-hybridized carbons (Fsp3) is 0.529. The van der Waals surface area contributed by atoms with E-state index in [1.165, 1.54) is 0 Å². The maximum atomic E-state index is 12.4. The Kier molecular flexibility index (Phi) is 5.37. The molecule has 2 rings (SSSR count). The highest BCUT2D eigenvalue weighted by molar-refractivity contribution is 6.35. The summed E-state index contributed by atoms with van der Waals surface area (Å²) in [6.07, 6.45) is 4.24. The molecule has 0 aromatic heterocycles. The van der Waals surface area contributed by atoms with Gasteiger partial charge in [-0.3, -0.25) is 9.59 Å². The van der Waals surface area contributed by atoms with E-state index in [9.17, 15) is 9.59 Å². The first-order valence-electron chi connectivity index (χ1n) is 7.73. The Balaban J connectivity index is 1.99. The zero-order valence-electron chi connectivity index (χ0n) is 12.8. The Labute approximate surface area is 126 Å². The molecular weight excluding hydrogens is 264 g/mol. The number of nitrogens with one attached hydrogen (secondary N) is 1. The molecule has 0 bridgehead atoms. The fourth-order valence-electron chi connectivity index (χ4n) is 2.72. The van der Waals surface area contributed by atoms with Gasteiger partial charge in [-0.15, -0.1) is 0 Å². The molecule has 0 radical (unpaired) electrons. The molecule has 2 amide bonds. The minimum Gasteiger partial charge on any atom is -0.345 e. The van der Waals surface area contributed by atoms with Crippen LogP contribution in [0.2, 0.25) is 0 Å². The second kappa shape index (κ2) is 7.25. The van der Waals surface area contributed by atoms with Crippen LogP contribution in [0.1, 0.15) is 45.1 Å². The topological polar surface area (TPSA) is 49.4 Å². The van der Waals surface area contributed by atoms with Gasteiger partial charge in [0.1, 0.15) is 0 Å². The predicted molar refractivity (Wildman–Crippen MR) is 82.5 cm³/mol. The van der Waals surface area contributed by atoms with Crippen LogP contribution in [0.15, 0.2) is 30.3 Å². The minimum absolute atomic E-state index is 0.00738. The molecule has 4 heteroatoms. The van der Waals surface area contributed by atoms with Gasteiger partial charge in [-0.05, 0) is 32.3 Å². The van der Waals surface area contributed by atoms with E-state index >= 15 is 0 Å². The van der Waals surface area contributed by atoms with E-state index in [2.05, 4.69) is 5.32 Å². The Morgan fingerprint density at radius 2 is 1.81 bits per heavy atom. The van der Waals surface area contributed by atoms with Crippen molar-refractivity contribution in [1.82, 2.24) is 10.2 Å². The second-order valence-electron chi connectivity index (χ2n) is 5.97. The second-order valence-corrected chi connectivity index (χ2v) is 5.97. The van der Waals surface area contributed by atoms with Gasteiger partial charge < -0.3 is 10.2 Å². The van der Waals surface area contributed by atoms with Crippen molar-refractivity contribution >= 4 is 11.8 Å². The molecular formula is C17H24N2O2. The summed E-state index contributed by atoms with van der Waals surface area (Å²) in [4.78, 5) is 26.1. The summed E-state index contributed by atoms with van der Waals surface area (Å²) in [5.74, 6) is -0.896. The molecule has 1 aliphatic carbocycles. The molecule has 1 fully saturated rings. The molecule has 0 unspecified atom stereocenters. The lowest BCUT2D eigenvalue weighted by Crippen LogP contribution is -2.48. The van der Waals surface area contributed by atoms with Gasteiger partial charge in [0.25, 0.3) is 0 Å². The third-order valence-electron chi connectivity index (χ3n) is 3.96. The quantitative estimate of drug-likeness (QED) is 0.865. The average Bonchev–Trinajstić information content (AvgIpc) is 2.97. The van der Waals surface area contributed by atoms with E-state index in [0.29, 0.717) is 6.54 Å². The van der Waals surface area contributed by atoms with Crippen LogP contribution in [0.4, 0.5) is 0 Å². The van der Waals surface area contributed by atoms with Gasteiger partial charge in [-0.2, -0.15) is 0 Å². The highest BCUT2D eigenvalue weighted by atomic mass is 16.2. The standard InChI is InChI=1S/C17H24N2O2/c1-13(2)19(12-14-8-4-3-5-9-14)17(21)16(20)18-15-10-6-7-11-15/h3-5,8-9,13,15H,6-7,10-12H2,1-2H3,(H,18,20). The number of hydrogen-bond acceptors (Lipinski definition) is 2. The Morgan fingerprint density at radius 3 is 2.38 bits per heavy atom. The van der Waals surface area contributed by atoms with Crippen molar-refractivity contribution in [1.29, 1.82) is 0 Å². The molecule has 0 spiro atoms. The monoisotopic (exact) mass is 288 g/mol. The molecule has 1 aliphatic rings. The number of nitrogens with zero attached hydrogens (tertiary/aromatic N) is 1. The normalized spacial score (nSPS) is 15.2. The maximum absolute atomic E-state index is 12.4. The molecule has 0 aliphatic heterocycles. The van der Waals surface area contributed by atoms with E-state index in [1.807, 2.05) is 44.2 Å². The lowest BCUT2D eigenvalue weighted by Gasteiger charge is -2.27. The number of rotatable bonds is 4. The zero-order chi connectivity index (χ0) is 15.2. The van der Waals surface area contributed by atoms with Gasteiger partial charge in [0.05, 0.1) is 0 Å². The van der Waals surface area contributed by atoms with Crippen molar-refractivity contribution in [2.24, 2.45) is 0 Å². The molecule has 0 saturated heterocycles. The van der Waals surface area contributed by atoms with Crippen molar-refractivity contribution in [3.05, 3.63) is 35.9 Å². The summed E-state index contributed by atoms with van der Waals surface area (Å²) < 4.78 is 0. The van der Waals surface area contributed by atoms with Crippen LogP contribution in [0.5, 0.6) is 0 Å². The Morgan fingerprint density at radius 1 is 1.19 bits per heavy atom. The van der Waals surface area contributed by atoms with E-state index in [4.69, 9.17) is 0 Å². The van der Waals surface area contributed by atoms with Crippen molar-refractivity contribution < 1.29 is 9.59 Å². The van der Waals surface area contributed by atoms with E-state index in [1.54, 1.807) is 4.90 Å². The first-order valence-corrected chi connectivity index (χ1v) is 7.73. The van der Waals surface area contributed by atoms with Gasteiger partial charge in [0.15, 0.2) is 0 Å². The SMILES string of the molecule is CC(C)N(Cc1ccccc1)C(=O)C(=O)NC1CCCC1. The maximum Gasteiger partial charge on any atom is 0.312 e. The summed E-state index contributed by atoms with van der Waals surface area (Å²) in [5, 5.41) is 2.87. The van der Waals surface area contributed by atoms with Crippen LogP contribution in [0.3, 0.4) is 0 Å².